The van der Waals surface area contributed by atoms with Gasteiger partial charge in [0.1, 0.15) is 0 Å². The first kappa shape index (κ1) is 13.9. The van der Waals surface area contributed by atoms with Crippen LogP contribution in [0.4, 0.5) is 0 Å². The first-order valence-corrected chi connectivity index (χ1v) is 6.79. The predicted octanol–water partition coefficient (Wildman–Crippen LogP) is 4.57. The molecule has 0 aliphatic heterocycles. The van der Waals surface area contributed by atoms with Crippen LogP contribution in [-0.4, -0.2) is 0 Å². The van der Waals surface area contributed by atoms with E-state index < -0.39 is 0 Å². The molecule has 0 heterocycles. The average molecular weight is 228 g/mol. The molecular weight excluding hydrogens is 204 g/mol. The topological polar surface area (TPSA) is 0 Å². The Balaban J connectivity index is 2.64. The summed E-state index contributed by atoms with van der Waals surface area (Å²) in [6.45, 7) is 8.84. The van der Waals surface area contributed by atoms with Crippen molar-refractivity contribution in [3.63, 3.8) is 0 Å². The maximum Gasteiger partial charge on any atom is 0.0136 e. The molecule has 0 saturated heterocycles. The molecule has 1 aliphatic rings. The van der Waals surface area contributed by atoms with E-state index in [0.717, 1.165) is 25.7 Å². The molecule has 0 aromatic heterocycles. The van der Waals surface area contributed by atoms with Crippen LogP contribution < -0.4 is 0 Å². The van der Waals surface area contributed by atoms with Crippen LogP contribution in [0.5, 0.6) is 0 Å². The van der Waals surface area contributed by atoms with Gasteiger partial charge in [-0.1, -0.05) is 51.4 Å². The summed E-state index contributed by atoms with van der Waals surface area (Å²) >= 11 is 0. The molecule has 17 heavy (non-hydrogen) atoms. The second kappa shape index (κ2) is 7.24. The van der Waals surface area contributed by atoms with Crippen LogP contribution in [0, 0.1) is 35.5 Å². The molecule has 0 atom stereocenters. The van der Waals surface area contributed by atoms with Crippen LogP contribution in [0.1, 0.15) is 59.8 Å². The molecule has 1 aliphatic carbocycles. The van der Waals surface area contributed by atoms with E-state index in [4.69, 9.17) is 0 Å². The lowest BCUT2D eigenvalue weighted by Gasteiger charge is -1.95. The zero-order valence-corrected chi connectivity index (χ0v) is 11.7. The van der Waals surface area contributed by atoms with Crippen LogP contribution in [-0.2, 0) is 0 Å². The standard InChI is InChI=1S/C17H24/c1-14(2)8-5-10-16-12-7-13-17(16)11-6-9-15(3)4/h14-15H,7-9,12-13H2,1-4H3. The van der Waals surface area contributed by atoms with Gasteiger partial charge in [-0.3, -0.25) is 0 Å². The van der Waals surface area contributed by atoms with Crippen molar-refractivity contribution >= 4 is 0 Å². The Kier molecular flexibility index (Phi) is 5.93. The largest absolute Gasteiger partial charge is 0.0979 e. The third-order valence-corrected chi connectivity index (χ3v) is 2.72. The van der Waals surface area contributed by atoms with Crippen molar-refractivity contribution in [1.82, 2.24) is 0 Å². The van der Waals surface area contributed by atoms with E-state index in [0.29, 0.717) is 11.8 Å². The Morgan fingerprint density at radius 1 is 0.824 bits per heavy atom. The molecule has 0 amide bonds. The van der Waals surface area contributed by atoms with Crippen molar-refractivity contribution in [2.75, 3.05) is 0 Å². The van der Waals surface area contributed by atoms with Crippen molar-refractivity contribution in [2.45, 2.75) is 59.8 Å². The molecule has 0 nitrogen and oxygen atoms in total. The van der Waals surface area contributed by atoms with E-state index in [2.05, 4.69) is 51.4 Å². The van der Waals surface area contributed by atoms with Gasteiger partial charge in [-0.05, 0) is 31.1 Å². The molecular formula is C17H24. The Bertz CT molecular complexity index is 347. The maximum absolute atomic E-state index is 3.33. The summed E-state index contributed by atoms with van der Waals surface area (Å²) in [6.07, 6.45) is 5.50. The third kappa shape index (κ3) is 5.65. The predicted molar refractivity (Wildman–Crippen MR) is 75.3 cm³/mol. The van der Waals surface area contributed by atoms with Gasteiger partial charge < -0.3 is 0 Å². The molecule has 0 bridgehead atoms. The van der Waals surface area contributed by atoms with Gasteiger partial charge in [-0.15, -0.1) is 0 Å². The van der Waals surface area contributed by atoms with Gasteiger partial charge in [-0.2, -0.15) is 0 Å². The highest BCUT2D eigenvalue weighted by Gasteiger charge is 2.10. The van der Waals surface area contributed by atoms with E-state index in [1.165, 1.54) is 17.6 Å². The van der Waals surface area contributed by atoms with E-state index >= 15 is 0 Å². The lowest BCUT2D eigenvalue weighted by Crippen LogP contribution is -1.84. The van der Waals surface area contributed by atoms with Crippen molar-refractivity contribution < 1.29 is 0 Å². The Morgan fingerprint density at radius 2 is 1.24 bits per heavy atom. The normalized spacial score (nSPS) is 14.7. The lowest BCUT2D eigenvalue weighted by molar-refractivity contribution is 0.675. The van der Waals surface area contributed by atoms with Crippen molar-refractivity contribution in [3.05, 3.63) is 11.1 Å². The summed E-state index contributed by atoms with van der Waals surface area (Å²) in [4.78, 5) is 0. The zero-order valence-electron chi connectivity index (χ0n) is 11.7. The van der Waals surface area contributed by atoms with Gasteiger partial charge in [0.05, 0.1) is 0 Å². The molecule has 1 rings (SSSR count). The van der Waals surface area contributed by atoms with Crippen LogP contribution in [0.3, 0.4) is 0 Å². The molecule has 0 spiro atoms. The monoisotopic (exact) mass is 228 g/mol. The Hall–Kier alpha value is -1.14. The maximum atomic E-state index is 3.33. The second-order valence-electron chi connectivity index (χ2n) is 5.61. The highest BCUT2D eigenvalue weighted by molar-refractivity contribution is 5.45. The minimum atomic E-state index is 0.667. The Labute approximate surface area is 107 Å². The van der Waals surface area contributed by atoms with Gasteiger partial charge in [0.15, 0.2) is 0 Å². The second-order valence-corrected chi connectivity index (χ2v) is 5.61. The number of hydrogen-bond donors (Lipinski definition) is 0. The first-order valence-electron chi connectivity index (χ1n) is 6.79. The smallest absolute Gasteiger partial charge is 0.0136 e. The number of rotatable bonds is 2. The SMILES string of the molecule is CC(C)CC#CC1=C(C#CCC(C)C)CCC1. The highest BCUT2D eigenvalue weighted by atomic mass is 14.1. The summed E-state index contributed by atoms with van der Waals surface area (Å²) in [5.74, 6) is 14.6. The summed E-state index contributed by atoms with van der Waals surface area (Å²) in [5, 5.41) is 0. The van der Waals surface area contributed by atoms with Crippen molar-refractivity contribution in [1.29, 1.82) is 0 Å². The fourth-order valence-electron chi connectivity index (χ4n) is 1.74. The first-order chi connectivity index (χ1) is 8.09. The fourth-order valence-corrected chi connectivity index (χ4v) is 1.74. The summed E-state index contributed by atoms with van der Waals surface area (Å²) in [7, 11) is 0. The molecule has 0 N–H and O–H groups in total. The molecule has 0 radical (unpaired) electrons. The van der Waals surface area contributed by atoms with Gasteiger partial charge in [0.2, 0.25) is 0 Å². The third-order valence-electron chi connectivity index (χ3n) is 2.72. The molecule has 0 heteroatoms. The molecule has 0 fully saturated rings. The van der Waals surface area contributed by atoms with Gasteiger partial charge in [-0.25, -0.2) is 0 Å². The van der Waals surface area contributed by atoms with Crippen LogP contribution in [0.25, 0.3) is 0 Å². The molecule has 0 aromatic rings. The molecule has 92 valence electrons. The van der Waals surface area contributed by atoms with Gasteiger partial charge in [0.25, 0.3) is 0 Å². The van der Waals surface area contributed by atoms with Crippen LogP contribution in [0.15, 0.2) is 11.1 Å². The molecule has 0 aromatic carbocycles. The number of hydrogen-bond acceptors (Lipinski definition) is 0. The Morgan fingerprint density at radius 3 is 1.59 bits per heavy atom. The van der Waals surface area contributed by atoms with Crippen molar-refractivity contribution in [2.24, 2.45) is 11.8 Å². The molecule has 0 saturated carbocycles. The lowest BCUT2D eigenvalue weighted by atomic mass is 10.1. The quantitative estimate of drug-likeness (QED) is 0.607. The van der Waals surface area contributed by atoms with Gasteiger partial charge in [0, 0.05) is 24.0 Å². The van der Waals surface area contributed by atoms with E-state index in [9.17, 15) is 0 Å². The zero-order chi connectivity index (χ0) is 12.7. The summed E-state index contributed by atoms with van der Waals surface area (Å²) < 4.78 is 0. The summed E-state index contributed by atoms with van der Waals surface area (Å²) in [6, 6.07) is 0. The van der Waals surface area contributed by atoms with Crippen LogP contribution in [0.2, 0.25) is 0 Å². The highest BCUT2D eigenvalue weighted by Crippen LogP contribution is 2.24. The minimum absolute atomic E-state index is 0.667. The van der Waals surface area contributed by atoms with Gasteiger partial charge >= 0.3 is 0 Å². The minimum Gasteiger partial charge on any atom is -0.0979 e. The van der Waals surface area contributed by atoms with Crippen LogP contribution >= 0.6 is 0 Å². The fraction of sp³-hybridized carbons (Fsp3) is 0.647. The molecule has 0 unspecified atom stereocenters. The van der Waals surface area contributed by atoms with Crippen molar-refractivity contribution in [3.8, 4) is 23.7 Å². The average Bonchev–Trinajstić information content (AvgIpc) is 2.65. The van der Waals surface area contributed by atoms with E-state index in [1.807, 2.05) is 0 Å². The van der Waals surface area contributed by atoms with E-state index in [1.54, 1.807) is 0 Å². The number of allylic oxidation sites excluding steroid dienone is 2. The van der Waals surface area contributed by atoms with E-state index in [-0.39, 0.29) is 0 Å². The summed E-state index contributed by atoms with van der Waals surface area (Å²) in [5.41, 5.74) is 2.61.